The molecule has 1 N–H and O–H groups in total. The van der Waals surface area contributed by atoms with Crippen LogP contribution in [0.3, 0.4) is 0 Å². The monoisotopic (exact) mass is 219 g/mol. The number of nitrogens with zero attached hydrogens (tertiary/aromatic N) is 2. The largest absolute Gasteiger partial charge is 0.294 e. The van der Waals surface area contributed by atoms with Crippen molar-refractivity contribution in [1.82, 2.24) is 15.2 Å². The zero-order chi connectivity index (χ0) is 11.5. The van der Waals surface area contributed by atoms with Crippen LogP contribution in [0, 0.1) is 6.92 Å². The van der Waals surface area contributed by atoms with Gasteiger partial charge in [0, 0.05) is 18.4 Å². The van der Waals surface area contributed by atoms with E-state index in [0.29, 0.717) is 6.54 Å². The van der Waals surface area contributed by atoms with Crippen LogP contribution in [-0.2, 0) is 16.1 Å². The van der Waals surface area contributed by atoms with Crippen LogP contribution in [0.5, 0.6) is 0 Å². The summed E-state index contributed by atoms with van der Waals surface area (Å²) in [6, 6.07) is 3.88. The van der Waals surface area contributed by atoms with E-state index in [1.807, 2.05) is 19.1 Å². The second-order valence-corrected chi connectivity index (χ2v) is 3.92. The molecule has 0 aromatic carbocycles. The highest BCUT2D eigenvalue weighted by atomic mass is 16.2. The molecule has 1 aromatic rings. The van der Waals surface area contributed by atoms with Crippen molar-refractivity contribution in [3.63, 3.8) is 0 Å². The fraction of sp³-hybridized carbons (Fsp3) is 0.364. The Balaban J connectivity index is 2.01. The number of aryl methyl sites for hydroxylation is 1. The smallest absolute Gasteiger partial charge is 0.240 e. The Labute approximate surface area is 93.5 Å². The summed E-state index contributed by atoms with van der Waals surface area (Å²) in [4.78, 5) is 28.2. The quantitative estimate of drug-likeness (QED) is 0.703. The summed E-state index contributed by atoms with van der Waals surface area (Å²) in [5, 5.41) is 2.27. The minimum Gasteiger partial charge on any atom is -0.294 e. The van der Waals surface area contributed by atoms with Crippen molar-refractivity contribution in [2.75, 3.05) is 13.1 Å². The van der Waals surface area contributed by atoms with Crippen LogP contribution in [0.1, 0.15) is 11.3 Å². The molecule has 0 radical (unpaired) electrons. The minimum absolute atomic E-state index is 0.240. The van der Waals surface area contributed by atoms with Gasteiger partial charge in [0.05, 0.1) is 13.1 Å². The summed E-state index contributed by atoms with van der Waals surface area (Å²) in [6.45, 7) is 3.02. The molecule has 0 aliphatic carbocycles. The molecule has 0 spiro atoms. The number of nitrogens with one attached hydrogen (secondary N) is 1. The van der Waals surface area contributed by atoms with E-state index in [2.05, 4.69) is 10.3 Å². The Morgan fingerprint density at radius 1 is 1.31 bits per heavy atom. The van der Waals surface area contributed by atoms with Crippen LogP contribution in [0.15, 0.2) is 18.3 Å². The van der Waals surface area contributed by atoms with E-state index in [9.17, 15) is 9.59 Å². The molecule has 84 valence electrons. The molecule has 1 aliphatic rings. The van der Waals surface area contributed by atoms with Gasteiger partial charge in [0.25, 0.3) is 0 Å². The SMILES string of the molecule is Cc1ccc(CN2CC(=O)NC(=O)C2)cn1. The summed E-state index contributed by atoms with van der Waals surface area (Å²) in [7, 11) is 0. The van der Waals surface area contributed by atoms with Crippen LogP contribution in [-0.4, -0.2) is 34.8 Å². The molecular weight excluding hydrogens is 206 g/mol. The summed E-state index contributed by atoms with van der Waals surface area (Å²) < 4.78 is 0. The zero-order valence-electron chi connectivity index (χ0n) is 9.06. The van der Waals surface area contributed by atoms with Crippen molar-refractivity contribution in [2.45, 2.75) is 13.5 Å². The Morgan fingerprint density at radius 2 is 2.00 bits per heavy atom. The first-order valence-electron chi connectivity index (χ1n) is 5.10. The third kappa shape index (κ3) is 2.64. The van der Waals surface area contributed by atoms with Crippen LogP contribution < -0.4 is 5.32 Å². The first-order valence-corrected chi connectivity index (χ1v) is 5.10. The molecule has 0 atom stereocenters. The molecule has 16 heavy (non-hydrogen) atoms. The van der Waals surface area contributed by atoms with Gasteiger partial charge in [0.2, 0.25) is 11.8 Å². The number of hydrogen-bond donors (Lipinski definition) is 1. The Bertz CT molecular complexity index is 398. The first-order chi connectivity index (χ1) is 7.63. The molecule has 1 aliphatic heterocycles. The first kappa shape index (κ1) is 10.8. The number of pyridine rings is 1. The van der Waals surface area contributed by atoms with Crippen molar-refractivity contribution < 1.29 is 9.59 Å². The Morgan fingerprint density at radius 3 is 2.56 bits per heavy atom. The van der Waals surface area contributed by atoms with E-state index in [1.165, 1.54) is 0 Å². The number of hydrogen-bond acceptors (Lipinski definition) is 4. The minimum atomic E-state index is -0.240. The highest BCUT2D eigenvalue weighted by Crippen LogP contribution is 2.05. The van der Waals surface area contributed by atoms with Crippen molar-refractivity contribution in [3.05, 3.63) is 29.6 Å². The van der Waals surface area contributed by atoms with Crippen LogP contribution in [0.4, 0.5) is 0 Å². The number of aromatic nitrogens is 1. The maximum atomic E-state index is 11.1. The van der Waals surface area contributed by atoms with E-state index >= 15 is 0 Å². The molecule has 1 aromatic heterocycles. The predicted molar refractivity (Wildman–Crippen MR) is 57.4 cm³/mol. The number of carbonyl (C=O) groups excluding carboxylic acids is 2. The van der Waals surface area contributed by atoms with Gasteiger partial charge in [-0.1, -0.05) is 6.07 Å². The average molecular weight is 219 g/mol. The average Bonchev–Trinajstić information content (AvgIpc) is 2.20. The molecule has 2 rings (SSSR count). The third-order valence-corrected chi connectivity index (χ3v) is 2.39. The van der Waals surface area contributed by atoms with Crippen LogP contribution in [0.25, 0.3) is 0 Å². The summed E-state index contributed by atoms with van der Waals surface area (Å²) >= 11 is 0. The van der Waals surface area contributed by atoms with Gasteiger partial charge < -0.3 is 0 Å². The molecule has 0 unspecified atom stereocenters. The second-order valence-electron chi connectivity index (χ2n) is 3.92. The fourth-order valence-electron chi connectivity index (χ4n) is 1.66. The second kappa shape index (κ2) is 4.40. The maximum Gasteiger partial charge on any atom is 0.240 e. The molecule has 5 nitrogen and oxygen atoms in total. The summed E-state index contributed by atoms with van der Waals surface area (Å²) in [6.07, 6.45) is 1.77. The molecule has 0 bridgehead atoms. The predicted octanol–water partition coefficient (Wildman–Crippen LogP) is -0.152. The van der Waals surface area contributed by atoms with E-state index in [1.54, 1.807) is 11.1 Å². The van der Waals surface area contributed by atoms with Gasteiger partial charge in [-0.3, -0.25) is 24.8 Å². The van der Waals surface area contributed by atoms with Crippen molar-refractivity contribution >= 4 is 11.8 Å². The van der Waals surface area contributed by atoms with Gasteiger partial charge in [0.1, 0.15) is 0 Å². The van der Waals surface area contributed by atoms with E-state index in [-0.39, 0.29) is 24.9 Å². The number of carbonyl (C=O) groups is 2. The molecule has 5 heteroatoms. The molecule has 2 heterocycles. The lowest BCUT2D eigenvalue weighted by Gasteiger charge is -2.24. The van der Waals surface area contributed by atoms with E-state index in [0.717, 1.165) is 11.3 Å². The van der Waals surface area contributed by atoms with Crippen molar-refractivity contribution in [1.29, 1.82) is 0 Å². The lowest BCUT2D eigenvalue weighted by atomic mass is 10.2. The third-order valence-electron chi connectivity index (χ3n) is 2.39. The summed E-state index contributed by atoms with van der Waals surface area (Å²) in [5.41, 5.74) is 1.96. The maximum absolute atomic E-state index is 11.1. The van der Waals surface area contributed by atoms with E-state index < -0.39 is 0 Å². The molecule has 2 amide bonds. The van der Waals surface area contributed by atoms with Crippen molar-refractivity contribution in [3.8, 4) is 0 Å². The number of imide groups is 1. The Hall–Kier alpha value is -1.75. The lowest BCUT2D eigenvalue weighted by molar-refractivity contribution is -0.136. The molecule has 1 fully saturated rings. The topological polar surface area (TPSA) is 62.3 Å². The molecular formula is C11H13N3O2. The normalized spacial score (nSPS) is 17.3. The van der Waals surface area contributed by atoms with Crippen LogP contribution >= 0.6 is 0 Å². The summed E-state index contributed by atoms with van der Waals surface area (Å²) in [5.74, 6) is -0.479. The lowest BCUT2D eigenvalue weighted by Crippen LogP contribution is -2.50. The fourth-order valence-corrected chi connectivity index (χ4v) is 1.66. The van der Waals surface area contributed by atoms with Gasteiger partial charge in [0.15, 0.2) is 0 Å². The molecule has 0 saturated carbocycles. The Kier molecular flexibility index (Phi) is 2.96. The van der Waals surface area contributed by atoms with E-state index in [4.69, 9.17) is 0 Å². The highest BCUT2D eigenvalue weighted by molar-refractivity contribution is 5.99. The van der Waals surface area contributed by atoms with Crippen LogP contribution in [0.2, 0.25) is 0 Å². The number of piperazine rings is 1. The van der Waals surface area contributed by atoms with Gasteiger partial charge in [-0.25, -0.2) is 0 Å². The van der Waals surface area contributed by atoms with Gasteiger partial charge in [-0.2, -0.15) is 0 Å². The standard InChI is InChI=1S/C11H13N3O2/c1-8-2-3-9(4-12-8)5-14-6-10(15)13-11(16)7-14/h2-4H,5-7H2,1H3,(H,13,15,16). The number of amides is 2. The van der Waals surface area contributed by atoms with Gasteiger partial charge >= 0.3 is 0 Å². The van der Waals surface area contributed by atoms with Gasteiger partial charge in [-0.05, 0) is 18.6 Å². The zero-order valence-corrected chi connectivity index (χ0v) is 9.06. The highest BCUT2D eigenvalue weighted by Gasteiger charge is 2.22. The van der Waals surface area contributed by atoms with Crippen molar-refractivity contribution in [2.24, 2.45) is 0 Å². The van der Waals surface area contributed by atoms with Gasteiger partial charge in [-0.15, -0.1) is 0 Å². The number of rotatable bonds is 2. The molecule has 1 saturated heterocycles.